The molecule has 0 unspecified atom stereocenters. The van der Waals surface area contributed by atoms with Crippen LogP contribution in [0.25, 0.3) is 22.6 Å². The van der Waals surface area contributed by atoms with Crippen molar-refractivity contribution in [1.29, 1.82) is 0 Å². The molecule has 0 bridgehead atoms. The van der Waals surface area contributed by atoms with E-state index in [1.807, 2.05) is 44.4 Å². The molecule has 1 saturated heterocycles. The lowest BCUT2D eigenvalue weighted by molar-refractivity contribution is 0.200. The number of H-pyrrole nitrogens is 1. The van der Waals surface area contributed by atoms with Gasteiger partial charge in [0.05, 0.1) is 16.9 Å². The maximum absolute atomic E-state index is 6.64. The fourth-order valence-corrected chi connectivity index (χ4v) is 4.55. The number of anilines is 2. The first-order chi connectivity index (χ1) is 16.6. The van der Waals surface area contributed by atoms with E-state index in [1.54, 1.807) is 6.20 Å². The molecule has 1 fully saturated rings. The Morgan fingerprint density at radius 2 is 1.74 bits per heavy atom. The molecule has 1 aliphatic heterocycles. The molecule has 0 atom stereocenters. The number of hydrogen-bond donors (Lipinski definition) is 1. The van der Waals surface area contributed by atoms with Gasteiger partial charge in [0, 0.05) is 58.1 Å². The average molecular weight is 477 g/mol. The largest absolute Gasteiger partial charge is 0.492 e. The molecule has 34 heavy (non-hydrogen) atoms. The van der Waals surface area contributed by atoms with Crippen molar-refractivity contribution < 1.29 is 4.74 Å². The summed E-state index contributed by atoms with van der Waals surface area (Å²) >= 11 is 6.64. The molecule has 7 nitrogen and oxygen atoms in total. The van der Waals surface area contributed by atoms with E-state index >= 15 is 0 Å². The van der Waals surface area contributed by atoms with E-state index in [4.69, 9.17) is 21.3 Å². The van der Waals surface area contributed by atoms with Gasteiger partial charge in [-0.25, -0.2) is 9.97 Å². The Balaban J connectivity index is 1.27. The molecule has 1 N–H and O–H groups in total. The zero-order valence-electron chi connectivity index (χ0n) is 19.5. The van der Waals surface area contributed by atoms with Crippen LogP contribution in [0.3, 0.4) is 0 Å². The number of imidazole rings is 1. The Kier molecular flexibility index (Phi) is 6.56. The molecule has 0 amide bonds. The van der Waals surface area contributed by atoms with E-state index in [1.165, 1.54) is 0 Å². The second-order valence-electron chi connectivity index (χ2n) is 8.67. The molecular formula is C26H29ClN6O. The van der Waals surface area contributed by atoms with Gasteiger partial charge >= 0.3 is 0 Å². The number of ether oxygens (including phenoxy) is 1. The van der Waals surface area contributed by atoms with Crippen molar-refractivity contribution in [3.8, 4) is 17.1 Å². The molecule has 2 aromatic heterocycles. The van der Waals surface area contributed by atoms with Crippen LogP contribution in [0.4, 0.5) is 11.4 Å². The van der Waals surface area contributed by atoms with Gasteiger partial charge in [0.2, 0.25) is 0 Å². The summed E-state index contributed by atoms with van der Waals surface area (Å²) < 4.78 is 5.86. The zero-order valence-corrected chi connectivity index (χ0v) is 20.3. The Morgan fingerprint density at radius 3 is 2.44 bits per heavy atom. The SMILES string of the molecule is CN(C)c1ccc(-c2nc3ncc(Cl)c(N4CCN(CCOc5ccccc5)CC4)c3[nH]2)cc1. The predicted octanol–water partition coefficient (Wildman–Crippen LogP) is 4.55. The summed E-state index contributed by atoms with van der Waals surface area (Å²) in [4.78, 5) is 19.5. The number of rotatable bonds is 7. The fourth-order valence-electron chi connectivity index (χ4n) is 4.29. The summed E-state index contributed by atoms with van der Waals surface area (Å²) in [7, 11) is 4.06. The van der Waals surface area contributed by atoms with E-state index in [0.717, 1.165) is 66.8 Å². The van der Waals surface area contributed by atoms with Crippen LogP contribution in [0.5, 0.6) is 5.75 Å². The number of halogens is 1. The summed E-state index contributed by atoms with van der Waals surface area (Å²) in [5.41, 5.74) is 4.73. The van der Waals surface area contributed by atoms with E-state index in [2.05, 4.69) is 48.9 Å². The minimum absolute atomic E-state index is 0.645. The number of nitrogens with zero attached hydrogens (tertiary/aromatic N) is 5. The van der Waals surface area contributed by atoms with Crippen molar-refractivity contribution in [1.82, 2.24) is 19.9 Å². The molecule has 4 aromatic rings. The third-order valence-corrected chi connectivity index (χ3v) is 6.49. The quantitative estimate of drug-likeness (QED) is 0.422. The third-order valence-electron chi connectivity index (χ3n) is 6.21. The van der Waals surface area contributed by atoms with Gasteiger partial charge in [0.15, 0.2) is 5.65 Å². The smallest absolute Gasteiger partial charge is 0.180 e. The molecule has 0 saturated carbocycles. The first kappa shape index (κ1) is 22.5. The van der Waals surface area contributed by atoms with Gasteiger partial charge in [-0.15, -0.1) is 0 Å². The van der Waals surface area contributed by atoms with Crippen molar-refractivity contribution in [3.05, 3.63) is 65.8 Å². The van der Waals surface area contributed by atoms with Gasteiger partial charge < -0.3 is 19.5 Å². The lowest BCUT2D eigenvalue weighted by Crippen LogP contribution is -2.47. The number of pyridine rings is 1. The van der Waals surface area contributed by atoms with Gasteiger partial charge in [0.25, 0.3) is 0 Å². The summed E-state index contributed by atoms with van der Waals surface area (Å²) in [6, 6.07) is 18.3. The van der Waals surface area contributed by atoms with Crippen LogP contribution < -0.4 is 14.5 Å². The van der Waals surface area contributed by atoms with Gasteiger partial charge in [-0.3, -0.25) is 4.90 Å². The third kappa shape index (κ3) is 4.81. The number of aromatic amines is 1. The van der Waals surface area contributed by atoms with E-state index in [0.29, 0.717) is 17.3 Å². The standard InChI is InChI=1S/C26H29ClN6O/c1-31(2)20-10-8-19(9-11-20)25-29-23-24(22(27)18-28-26(23)30-25)33-14-12-32(13-15-33)16-17-34-21-6-4-3-5-7-21/h3-11,18H,12-17H2,1-2H3,(H,28,29,30). The number of para-hydroxylation sites is 1. The second-order valence-corrected chi connectivity index (χ2v) is 9.08. The van der Waals surface area contributed by atoms with Crippen LogP contribution in [0.1, 0.15) is 0 Å². The molecule has 1 aliphatic rings. The van der Waals surface area contributed by atoms with E-state index in [-0.39, 0.29) is 0 Å². The highest BCUT2D eigenvalue weighted by Gasteiger charge is 2.23. The first-order valence-corrected chi connectivity index (χ1v) is 11.9. The molecule has 176 valence electrons. The highest BCUT2D eigenvalue weighted by molar-refractivity contribution is 6.34. The van der Waals surface area contributed by atoms with Crippen LogP contribution in [0.15, 0.2) is 60.8 Å². The van der Waals surface area contributed by atoms with E-state index < -0.39 is 0 Å². The normalized spacial score (nSPS) is 14.5. The monoisotopic (exact) mass is 476 g/mol. The maximum Gasteiger partial charge on any atom is 0.180 e. The summed E-state index contributed by atoms with van der Waals surface area (Å²) in [6.45, 7) is 5.25. The number of fused-ring (bicyclic) bond motifs is 1. The van der Waals surface area contributed by atoms with Gasteiger partial charge in [-0.2, -0.15) is 0 Å². The first-order valence-electron chi connectivity index (χ1n) is 11.6. The van der Waals surface area contributed by atoms with Crippen molar-refractivity contribution in [2.24, 2.45) is 0 Å². The Morgan fingerprint density at radius 1 is 1.00 bits per heavy atom. The average Bonchev–Trinajstić information content (AvgIpc) is 3.30. The topological polar surface area (TPSA) is 60.5 Å². The predicted molar refractivity (Wildman–Crippen MR) is 139 cm³/mol. The number of nitrogens with one attached hydrogen (secondary N) is 1. The highest BCUT2D eigenvalue weighted by Crippen LogP contribution is 2.34. The summed E-state index contributed by atoms with van der Waals surface area (Å²) in [6.07, 6.45) is 1.71. The molecular weight excluding hydrogens is 448 g/mol. The van der Waals surface area contributed by atoms with E-state index in [9.17, 15) is 0 Å². The molecule has 0 spiro atoms. The second kappa shape index (κ2) is 9.91. The van der Waals surface area contributed by atoms with Crippen molar-refractivity contribution in [2.45, 2.75) is 0 Å². The lowest BCUT2D eigenvalue weighted by atomic mass is 10.2. The van der Waals surface area contributed by atoms with Crippen LogP contribution in [0.2, 0.25) is 5.02 Å². The molecule has 0 aliphatic carbocycles. The minimum Gasteiger partial charge on any atom is -0.492 e. The van der Waals surface area contributed by atoms with Crippen LogP contribution in [0, 0.1) is 0 Å². The van der Waals surface area contributed by atoms with Gasteiger partial charge in [-0.05, 0) is 36.4 Å². The van der Waals surface area contributed by atoms with Crippen LogP contribution in [-0.2, 0) is 0 Å². The molecule has 3 heterocycles. The Bertz CT molecular complexity index is 1230. The maximum atomic E-state index is 6.64. The highest BCUT2D eigenvalue weighted by atomic mass is 35.5. The fraction of sp³-hybridized carbons (Fsp3) is 0.308. The number of benzene rings is 2. The Hall–Kier alpha value is -3.29. The van der Waals surface area contributed by atoms with Crippen LogP contribution >= 0.6 is 11.6 Å². The molecule has 2 aromatic carbocycles. The summed E-state index contributed by atoms with van der Waals surface area (Å²) in [5.74, 6) is 1.71. The van der Waals surface area contributed by atoms with Gasteiger partial charge in [-0.1, -0.05) is 29.8 Å². The van der Waals surface area contributed by atoms with Crippen molar-refractivity contribution in [2.75, 3.05) is 63.2 Å². The minimum atomic E-state index is 0.645. The van der Waals surface area contributed by atoms with Crippen LogP contribution in [-0.4, -0.2) is 73.3 Å². The Labute approximate surface area is 204 Å². The van der Waals surface area contributed by atoms with Gasteiger partial charge in [0.1, 0.15) is 23.7 Å². The van der Waals surface area contributed by atoms with Crippen molar-refractivity contribution in [3.63, 3.8) is 0 Å². The molecule has 5 rings (SSSR count). The molecule has 8 heteroatoms. The zero-order chi connectivity index (χ0) is 23.5. The molecule has 0 radical (unpaired) electrons. The lowest BCUT2D eigenvalue weighted by Gasteiger charge is -2.36. The number of piperazine rings is 1. The number of hydrogen-bond acceptors (Lipinski definition) is 6. The summed E-state index contributed by atoms with van der Waals surface area (Å²) in [5, 5.41) is 0.645. The van der Waals surface area contributed by atoms with Crippen molar-refractivity contribution >= 4 is 34.1 Å². The number of aromatic nitrogens is 3.